The smallest absolute Gasteiger partial charge is 0.228 e. The van der Waals surface area contributed by atoms with E-state index in [0.717, 1.165) is 22.4 Å². The Bertz CT molecular complexity index is 623. The molecule has 0 radical (unpaired) electrons. The minimum atomic E-state index is -0.0385. The Morgan fingerprint density at radius 2 is 1.95 bits per heavy atom. The molecule has 0 fully saturated rings. The number of rotatable bonds is 3. The normalized spacial score (nSPS) is 9.68. The third kappa shape index (κ3) is 3.46. The van der Waals surface area contributed by atoms with Gasteiger partial charge in [-0.3, -0.25) is 4.79 Å². The molecule has 0 spiro atoms. The van der Waals surface area contributed by atoms with E-state index >= 15 is 0 Å². The van der Waals surface area contributed by atoms with Crippen LogP contribution in [-0.4, -0.2) is 5.91 Å². The summed E-state index contributed by atoms with van der Waals surface area (Å²) < 4.78 is 0. The Morgan fingerprint density at radius 3 is 2.63 bits per heavy atom. The van der Waals surface area contributed by atoms with Crippen LogP contribution in [0.25, 0.3) is 0 Å². The predicted molar refractivity (Wildman–Crippen MR) is 77.9 cm³/mol. The second kappa shape index (κ2) is 5.88. The van der Waals surface area contributed by atoms with Crippen molar-refractivity contribution in [3.05, 3.63) is 65.2 Å². The van der Waals surface area contributed by atoms with Crippen LogP contribution in [0.4, 0.5) is 5.69 Å². The van der Waals surface area contributed by atoms with E-state index in [1.165, 1.54) is 0 Å². The summed E-state index contributed by atoms with van der Waals surface area (Å²) in [6, 6.07) is 15.2. The maximum absolute atomic E-state index is 12.0. The zero-order valence-electron chi connectivity index (χ0n) is 10.8. The molecule has 0 bridgehead atoms. The molecule has 0 saturated heterocycles. The first kappa shape index (κ1) is 12.9. The second-order valence-corrected chi connectivity index (χ2v) is 4.38. The highest BCUT2D eigenvalue weighted by Crippen LogP contribution is 2.16. The van der Waals surface area contributed by atoms with Gasteiger partial charge in [0.25, 0.3) is 0 Å². The Hall–Kier alpha value is -2.53. The van der Waals surface area contributed by atoms with Crippen molar-refractivity contribution in [1.82, 2.24) is 0 Å². The number of terminal acetylenes is 1. The van der Waals surface area contributed by atoms with Gasteiger partial charge in [0.1, 0.15) is 0 Å². The van der Waals surface area contributed by atoms with Crippen LogP contribution in [-0.2, 0) is 11.2 Å². The molecular weight excluding hydrogens is 234 g/mol. The molecule has 0 atom stereocenters. The zero-order chi connectivity index (χ0) is 13.7. The molecular formula is C17H15NO. The lowest BCUT2D eigenvalue weighted by molar-refractivity contribution is -0.115. The third-order valence-corrected chi connectivity index (χ3v) is 2.89. The van der Waals surface area contributed by atoms with Crippen LogP contribution in [0.1, 0.15) is 16.7 Å². The fraction of sp³-hybridized carbons (Fsp3) is 0.118. The van der Waals surface area contributed by atoms with Crippen molar-refractivity contribution in [3.8, 4) is 12.3 Å². The fourth-order valence-corrected chi connectivity index (χ4v) is 1.82. The highest BCUT2D eigenvalue weighted by molar-refractivity contribution is 5.93. The van der Waals surface area contributed by atoms with Gasteiger partial charge in [0.05, 0.1) is 6.42 Å². The van der Waals surface area contributed by atoms with Crippen LogP contribution in [0.5, 0.6) is 0 Å². The maximum atomic E-state index is 12.0. The molecule has 1 amide bonds. The number of carbonyl (C=O) groups excluding carboxylic acids is 1. The molecule has 2 heteroatoms. The van der Waals surface area contributed by atoms with E-state index < -0.39 is 0 Å². The van der Waals surface area contributed by atoms with Crippen LogP contribution in [0, 0.1) is 19.3 Å². The first-order valence-corrected chi connectivity index (χ1v) is 6.10. The number of aryl methyl sites for hydroxylation is 1. The van der Waals surface area contributed by atoms with Crippen molar-refractivity contribution < 1.29 is 4.79 Å². The van der Waals surface area contributed by atoms with E-state index in [9.17, 15) is 4.79 Å². The summed E-state index contributed by atoms with van der Waals surface area (Å²) in [6.07, 6.45) is 5.72. The Morgan fingerprint density at radius 1 is 1.21 bits per heavy atom. The van der Waals surface area contributed by atoms with E-state index in [1.54, 1.807) is 0 Å². The second-order valence-electron chi connectivity index (χ2n) is 4.38. The summed E-state index contributed by atoms with van der Waals surface area (Å²) >= 11 is 0. The summed E-state index contributed by atoms with van der Waals surface area (Å²) in [5.41, 5.74) is 3.53. The topological polar surface area (TPSA) is 29.1 Å². The van der Waals surface area contributed by atoms with Crippen LogP contribution in [0.3, 0.4) is 0 Å². The van der Waals surface area contributed by atoms with Crippen molar-refractivity contribution >= 4 is 11.6 Å². The molecule has 0 heterocycles. The largest absolute Gasteiger partial charge is 0.326 e. The summed E-state index contributed by atoms with van der Waals surface area (Å²) in [6.45, 7) is 1.94. The number of hydrogen-bond acceptors (Lipinski definition) is 1. The number of anilines is 1. The summed E-state index contributed by atoms with van der Waals surface area (Å²) in [5.74, 6) is 2.53. The third-order valence-electron chi connectivity index (χ3n) is 2.89. The lowest BCUT2D eigenvalue weighted by Gasteiger charge is -2.09. The highest BCUT2D eigenvalue weighted by Gasteiger charge is 2.06. The number of carbonyl (C=O) groups is 1. The molecule has 2 rings (SSSR count). The van der Waals surface area contributed by atoms with Gasteiger partial charge in [-0.2, -0.15) is 0 Å². The average Bonchev–Trinajstić information content (AvgIpc) is 2.42. The molecule has 0 aliphatic carbocycles. The molecule has 1 N–H and O–H groups in total. The highest BCUT2D eigenvalue weighted by atomic mass is 16.1. The SMILES string of the molecule is C#Cc1ccc(C)c(NC(=O)Cc2ccccc2)c1. The Kier molecular flexibility index (Phi) is 4.00. The molecule has 0 aliphatic heterocycles. The van der Waals surface area contributed by atoms with E-state index in [0.29, 0.717) is 6.42 Å². The van der Waals surface area contributed by atoms with Gasteiger partial charge in [-0.05, 0) is 30.2 Å². The molecule has 0 unspecified atom stereocenters. The molecule has 2 aromatic rings. The zero-order valence-corrected chi connectivity index (χ0v) is 10.8. The Labute approximate surface area is 113 Å². The fourth-order valence-electron chi connectivity index (χ4n) is 1.82. The van der Waals surface area contributed by atoms with Crippen molar-refractivity contribution in [2.75, 3.05) is 5.32 Å². The van der Waals surface area contributed by atoms with Crippen LogP contribution >= 0.6 is 0 Å². The Balaban J connectivity index is 2.09. The monoisotopic (exact) mass is 249 g/mol. The van der Waals surface area contributed by atoms with Gasteiger partial charge in [0, 0.05) is 11.3 Å². The number of amides is 1. The molecule has 94 valence electrons. The summed E-state index contributed by atoms with van der Waals surface area (Å²) in [4.78, 5) is 12.0. The first-order valence-electron chi connectivity index (χ1n) is 6.10. The van der Waals surface area contributed by atoms with Gasteiger partial charge in [-0.1, -0.05) is 42.3 Å². The lowest BCUT2D eigenvalue weighted by atomic mass is 10.1. The lowest BCUT2D eigenvalue weighted by Crippen LogP contribution is -2.15. The maximum Gasteiger partial charge on any atom is 0.228 e. The molecule has 19 heavy (non-hydrogen) atoms. The van der Waals surface area contributed by atoms with Gasteiger partial charge in [-0.15, -0.1) is 6.42 Å². The van der Waals surface area contributed by atoms with E-state index in [2.05, 4.69) is 11.2 Å². The minimum Gasteiger partial charge on any atom is -0.326 e. The molecule has 0 aromatic heterocycles. The van der Waals surface area contributed by atoms with E-state index in [1.807, 2.05) is 55.5 Å². The summed E-state index contributed by atoms with van der Waals surface area (Å²) in [5, 5.41) is 2.90. The van der Waals surface area contributed by atoms with Gasteiger partial charge >= 0.3 is 0 Å². The van der Waals surface area contributed by atoms with Gasteiger partial charge in [0.15, 0.2) is 0 Å². The van der Waals surface area contributed by atoms with Crippen LogP contribution in [0.15, 0.2) is 48.5 Å². The standard InChI is InChI=1S/C17H15NO/c1-3-14-10-9-13(2)16(11-14)18-17(19)12-15-7-5-4-6-8-15/h1,4-11H,12H2,2H3,(H,18,19). The predicted octanol–water partition coefficient (Wildman–Crippen LogP) is 3.16. The minimum absolute atomic E-state index is 0.0385. The molecule has 0 saturated carbocycles. The van der Waals surface area contributed by atoms with Gasteiger partial charge in [-0.25, -0.2) is 0 Å². The number of hydrogen-bond donors (Lipinski definition) is 1. The van der Waals surface area contributed by atoms with Crippen molar-refractivity contribution in [2.45, 2.75) is 13.3 Å². The van der Waals surface area contributed by atoms with E-state index in [4.69, 9.17) is 6.42 Å². The quantitative estimate of drug-likeness (QED) is 0.832. The van der Waals surface area contributed by atoms with Gasteiger partial charge < -0.3 is 5.32 Å². The average molecular weight is 249 g/mol. The van der Waals surface area contributed by atoms with Crippen LogP contribution < -0.4 is 5.32 Å². The first-order chi connectivity index (χ1) is 9.19. The van der Waals surface area contributed by atoms with Crippen molar-refractivity contribution in [3.63, 3.8) is 0 Å². The van der Waals surface area contributed by atoms with Gasteiger partial charge in [0.2, 0.25) is 5.91 Å². The van der Waals surface area contributed by atoms with Crippen LogP contribution in [0.2, 0.25) is 0 Å². The van der Waals surface area contributed by atoms with Crippen molar-refractivity contribution in [2.24, 2.45) is 0 Å². The summed E-state index contributed by atoms with van der Waals surface area (Å²) in [7, 11) is 0. The van der Waals surface area contributed by atoms with Crippen molar-refractivity contribution in [1.29, 1.82) is 0 Å². The molecule has 2 nitrogen and oxygen atoms in total. The molecule has 0 aliphatic rings. The number of nitrogens with one attached hydrogen (secondary N) is 1. The molecule has 2 aromatic carbocycles. The number of benzene rings is 2. The van der Waals surface area contributed by atoms with E-state index in [-0.39, 0.29) is 5.91 Å².